The van der Waals surface area contributed by atoms with Gasteiger partial charge in [0, 0.05) is 17.0 Å². The molecule has 2 N–H and O–H groups in total. The number of nitrogens with zero attached hydrogens (tertiary/aromatic N) is 1. The van der Waals surface area contributed by atoms with Gasteiger partial charge >= 0.3 is 0 Å². The quantitative estimate of drug-likeness (QED) is 0.753. The summed E-state index contributed by atoms with van der Waals surface area (Å²) in [5.41, 5.74) is 2.27. The topological polar surface area (TPSA) is 74.8 Å². The van der Waals surface area contributed by atoms with Crippen LogP contribution in [0.4, 0.5) is 5.69 Å². The predicted molar refractivity (Wildman–Crippen MR) is 96.3 cm³/mol. The van der Waals surface area contributed by atoms with Gasteiger partial charge in [0.2, 0.25) is 5.91 Å². The van der Waals surface area contributed by atoms with Crippen molar-refractivity contribution >= 4 is 34.2 Å². The number of rotatable bonds is 4. The number of aromatic nitrogens is 2. The Hall–Kier alpha value is -2.66. The number of fused-ring (bicyclic) bond motifs is 1. The number of halogens is 1. The highest BCUT2D eigenvalue weighted by Gasteiger charge is 2.13. The summed E-state index contributed by atoms with van der Waals surface area (Å²) in [7, 11) is 0. The molecule has 0 atom stereocenters. The molecule has 0 aliphatic carbocycles. The summed E-state index contributed by atoms with van der Waals surface area (Å²) >= 11 is 6.00. The largest absolute Gasteiger partial charge is 0.325 e. The summed E-state index contributed by atoms with van der Waals surface area (Å²) in [6.45, 7) is 1.94. The van der Waals surface area contributed by atoms with E-state index in [0.717, 1.165) is 6.42 Å². The second-order valence-electron chi connectivity index (χ2n) is 5.42. The van der Waals surface area contributed by atoms with Gasteiger partial charge in [-0.15, -0.1) is 0 Å². The van der Waals surface area contributed by atoms with Crippen LogP contribution in [0.5, 0.6) is 0 Å². The molecule has 1 aromatic heterocycles. The van der Waals surface area contributed by atoms with E-state index in [9.17, 15) is 9.59 Å². The molecule has 0 aliphatic heterocycles. The molecule has 0 bridgehead atoms. The van der Waals surface area contributed by atoms with E-state index in [2.05, 4.69) is 15.3 Å². The van der Waals surface area contributed by atoms with Gasteiger partial charge < -0.3 is 10.3 Å². The fraction of sp³-hybridized carbons (Fsp3) is 0.167. The van der Waals surface area contributed by atoms with Crippen molar-refractivity contribution in [3.8, 4) is 11.3 Å². The van der Waals surface area contributed by atoms with Gasteiger partial charge in [-0.25, -0.2) is 4.98 Å². The van der Waals surface area contributed by atoms with Crippen molar-refractivity contribution in [2.24, 2.45) is 0 Å². The number of amides is 1. The number of carbonyl (C=O) groups excluding carboxylic acids is 1. The summed E-state index contributed by atoms with van der Waals surface area (Å²) in [6.07, 6.45) is 1.17. The van der Waals surface area contributed by atoms with Gasteiger partial charge in [-0.2, -0.15) is 0 Å². The van der Waals surface area contributed by atoms with E-state index in [4.69, 9.17) is 11.6 Å². The van der Waals surface area contributed by atoms with Crippen LogP contribution in [-0.4, -0.2) is 15.9 Å². The molecule has 3 aromatic rings. The van der Waals surface area contributed by atoms with Crippen molar-refractivity contribution in [1.82, 2.24) is 9.97 Å². The maximum absolute atomic E-state index is 12.4. The molecule has 0 saturated heterocycles. The summed E-state index contributed by atoms with van der Waals surface area (Å²) in [4.78, 5) is 31.6. The lowest BCUT2D eigenvalue weighted by Crippen LogP contribution is -2.15. The molecule has 0 spiro atoms. The number of hydrogen-bond acceptors (Lipinski definition) is 3. The minimum Gasteiger partial charge on any atom is -0.325 e. The number of benzene rings is 2. The average Bonchev–Trinajstić information content (AvgIpc) is 2.55. The molecule has 0 unspecified atom stereocenters. The molecule has 6 heteroatoms. The maximum atomic E-state index is 12.4. The van der Waals surface area contributed by atoms with Crippen LogP contribution < -0.4 is 10.9 Å². The highest BCUT2D eigenvalue weighted by Crippen LogP contribution is 2.25. The van der Waals surface area contributed by atoms with E-state index in [1.54, 1.807) is 42.5 Å². The standard InChI is InChI=1S/C18H16ClN3O2/c1-2-5-16(23)20-13-7-4-3-6-12(13)17-18(24)22-14-9-8-11(19)10-15(14)21-17/h3-4,6-10H,2,5H2,1H3,(H,20,23)(H,22,24). The fourth-order valence-electron chi connectivity index (χ4n) is 2.48. The zero-order valence-corrected chi connectivity index (χ0v) is 13.9. The van der Waals surface area contributed by atoms with E-state index in [1.165, 1.54) is 0 Å². The van der Waals surface area contributed by atoms with Crippen LogP contribution in [0.25, 0.3) is 22.3 Å². The zero-order valence-electron chi connectivity index (χ0n) is 13.1. The SMILES string of the molecule is CCCC(=O)Nc1ccccc1-c1nc2cc(Cl)ccc2[nH]c1=O. The first-order valence-corrected chi connectivity index (χ1v) is 8.05. The highest BCUT2D eigenvalue weighted by molar-refractivity contribution is 6.31. The van der Waals surface area contributed by atoms with Gasteiger partial charge in [0.25, 0.3) is 5.56 Å². The maximum Gasteiger partial charge on any atom is 0.275 e. The number of carbonyl (C=O) groups is 1. The third-order valence-electron chi connectivity index (χ3n) is 3.59. The Morgan fingerprint density at radius 1 is 1.25 bits per heavy atom. The van der Waals surface area contributed by atoms with E-state index in [1.807, 2.05) is 6.92 Å². The van der Waals surface area contributed by atoms with Crippen molar-refractivity contribution in [3.63, 3.8) is 0 Å². The molecule has 0 radical (unpaired) electrons. The van der Waals surface area contributed by atoms with E-state index >= 15 is 0 Å². The van der Waals surface area contributed by atoms with Crippen molar-refractivity contribution in [3.05, 3.63) is 57.8 Å². The van der Waals surface area contributed by atoms with Crippen LogP contribution in [0.3, 0.4) is 0 Å². The smallest absolute Gasteiger partial charge is 0.275 e. The fourth-order valence-corrected chi connectivity index (χ4v) is 2.64. The molecule has 1 amide bonds. The second-order valence-corrected chi connectivity index (χ2v) is 5.86. The van der Waals surface area contributed by atoms with Crippen LogP contribution in [0.2, 0.25) is 5.02 Å². The molecule has 1 heterocycles. The Kier molecular flexibility index (Phi) is 4.62. The molecular formula is C18H16ClN3O2. The molecular weight excluding hydrogens is 326 g/mol. The predicted octanol–water partition coefficient (Wildman–Crippen LogP) is 3.98. The molecule has 0 saturated carbocycles. The lowest BCUT2D eigenvalue weighted by Gasteiger charge is -2.10. The van der Waals surface area contributed by atoms with Gasteiger partial charge in [0.15, 0.2) is 0 Å². The van der Waals surface area contributed by atoms with Crippen LogP contribution in [0.1, 0.15) is 19.8 Å². The average molecular weight is 342 g/mol. The van der Waals surface area contributed by atoms with Gasteiger partial charge in [-0.3, -0.25) is 9.59 Å². The van der Waals surface area contributed by atoms with Crippen molar-refractivity contribution in [2.45, 2.75) is 19.8 Å². The Labute approximate surface area is 143 Å². The third kappa shape index (κ3) is 3.31. The first-order valence-electron chi connectivity index (χ1n) is 7.67. The number of anilines is 1. The highest BCUT2D eigenvalue weighted by atomic mass is 35.5. The minimum atomic E-state index is -0.318. The Morgan fingerprint density at radius 2 is 2.04 bits per heavy atom. The van der Waals surface area contributed by atoms with Crippen LogP contribution in [0, 0.1) is 0 Å². The van der Waals surface area contributed by atoms with Crippen molar-refractivity contribution in [2.75, 3.05) is 5.32 Å². The summed E-state index contributed by atoms with van der Waals surface area (Å²) in [5.74, 6) is -0.0924. The number of nitrogens with one attached hydrogen (secondary N) is 2. The second kappa shape index (κ2) is 6.84. The van der Waals surface area contributed by atoms with Gasteiger partial charge in [0.1, 0.15) is 5.69 Å². The summed E-state index contributed by atoms with van der Waals surface area (Å²) in [6, 6.07) is 12.2. The lowest BCUT2D eigenvalue weighted by molar-refractivity contribution is -0.116. The minimum absolute atomic E-state index is 0.0924. The normalized spacial score (nSPS) is 10.8. The van der Waals surface area contributed by atoms with Crippen LogP contribution in [-0.2, 0) is 4.79 Å². The molecule has 24 heavy (non-hydrogen) atoms. The van der Waals surface area contributed by atoms with Gasteiger partial charge in [-0.1, -0.05) is 36.7 Å². The van der Waals surface area contributed by atoms with Crippen LogP contribution >= 0.6 is 11.6 Å². The zero-order chi connectivity index (χ0) is 17.1. The lowest BCUT2D eigenvalue weighted by atomic mass is 10.1. The Morgan fingerprint density at radius 3 is 2.83 bits per heavy atom. The van der Waals surface area contributed by atoms with Gasteiger partial charge in [0.05, 0.1) is 16.7 Å². The molecule has 0 fully saturated rings. The summed E-state index contributed by atoms with van der Waals surface area (Å²) < 4.78 is 0. The van der Waals surface area contributed by atoms with Gasteiger partial charge in [-0.05, 0) is 30.7 Å². The van der Waals surface area contributed by atoms with E-state index < -0.39 is 0 Å². The van der Waals surface area contributed by atoms with Crippen molar-refractivity contribution < 1.29 is 4.79 Å². The van der Waals surface area contributed by atoms with Crippen LogP contribution in [0.15, 0.2) is 47.3 Å². The Bertz CT molecular complexity index is 966. The number of para-hydroxylation sites is 1. The monoisotopic (exact) mass is 341 g/mol. The molecule has 122 valence electrons. The number of hydrogen-bond donors (Lipinski definition) is 2. The molecule has 5 nitrogen and oxygen atoms in total. The summed E-state index contributed by atoms with van der Waals surface area (Å²) in [5, 5.41) is 3.38. The number of H-pyrrole nitrogens is 1. The molecule has 0 aliphatic rings. The Balaban J connectivity index is 2.12. The third-order valence-corrected chi connectivity index (χ3v) is 3.82. The van der Waals surface area contributed by atoms with E-state index in [-0.39, 0.29) is 17.2 Å². The first-order chi connectivity index (χ1) is 11.6. The van der Waals surface area contributed by atoms with Crippen molar-refractivity contribution in [1.29, 1.82) is 0 Å². The first kappa shape index (κ1) is 16.2. The van der Waals surface area contributed by atoms with E-state index in [0.29, 0.717) is 33.7 Å². The molecule has 2 aromatic carbocycles. The molecule has 3 rings (SSSR count). The number of aromatic amines is 1.